The minimum atomic E-state index is -2.55. The zero-order valence-electron chi connectivity index (χ0n) is 26.2. The van der Waals surface area contributed by atoms with Crippen LogP contribution >= 0.6 is 18.7 Å². The van der Waals surface area contributed by atoms with Gasteiger partial charge in [0.05, 0.1) is 18.5 Å². The molecule has 4 aromatic rings. The standard InChI is InChI=1S/C32H42ClN8O2P/c1-22-20-25(27(43-3)21-26(22)40-13-10-23(11-14-40)39-18-16-38(2)17-19-39)36-31-32-34-12-15-41(32)29(33)30(37-31)35-24-8-6-7-9-28(24)44(4,5)42/h6-9,12,15,20-21,23,35H,10-11,13-14,16-19H2,1-5H3,(H,36,37). The molecule has 234 valence electrons. The van der Waals surface area contributed by atoms with Gasteiger partial charge < -0.3 is 29.7 Å². The van der Waals surface area contributed by atoms with Crippen LogP contribution in [0.15, 0.2) is 48.8 Å². The highest BCUT2D eigenvalue weighted by molar-refractivity contribution is 7.70. The second kappa shape index (κ2) is 12.6. The Balaban J connectivity index is 1.25. The van der Waals surface area contributed by atoms with Crippen molar-refractivity contribution in [2.45, 2.75) is 25.8 Å². The lowest BCUT2D eigenvalue weighted by Gasteiger charge is -2.43. The van der Waals surface area contributed by atoms with Crippen molar-refractivity contribution < 1.29 is 9.30 Å². The monoisotopic (exact) mass is 636 g/mol. The van der Waals surface area contributed by atoms with E-state index < -0.39 is 7.14 Å². The number of hydrogen-bond acceptors (Lipinski definition) is 9. The number of para-hydroxylation sites is 1. The molecule has 12 heteroatoms. The Morgan fingerprint density at radius 2 is 1.68 bits per heavy atom. The fourth-order valence-electron chi connectivity index (χ4n) is 6.37. The maximum absolute atomic E-state index is 13.0. The molecule has 2 N–H and O–H groups in total. The third-order valence-corrected chi connectivity index (χ3v) is 10.8. The van der Waals surface area contributed by atoms with Gasteiger partial charge in [0.25, 0.3) is 0 Å². The average Bonchev–Trinajstić information content (AvgIpc) is 3.51. The Hall–Kier alpha value is -3.30. The number of ether oxygens (including phenoxy) is 1. The molecule has 6 rings (SSSR count). The van der Waals surface area contributed by atoms with Crippen molar-refractivity contribution in [3.05, 3.63) is 59.5 Å². The molecule has 2 fully saturated rings. The number of imidazole rings is 1. The summed E-state index contributed by atoms with van der Waals surface area (Å²) in [4.78, 5) is 17.0. The molecule has 2 saturated heterocycles. The van der Waals surface area contributed by atoms with Crippen molar-refractivity contribution in [1.82, 2.24) is 24.2 Å². The molecule has 4 heterocycles. The number of nitrogens with one attached hydrogen (secondary N) is 2. The van der Waals surface area contributed by atoms with Gasteiger partial charge in [-0.15, -0.1) is 0 Å². The SMILES string of the molecule is COc1cc(N2CCC(N3CCN(C)CC3)CC2)c(C)cc1Nc1nc(Nc2ccccc2P(C)(C)=O)c(Cl)n2ccnc12. The van der Waals surface area contributed by atoms with Crippen LogP contribution < -0.4 is 25.6 Å². The molecule has 2 aromatic heterocycles. The van der Waals surface area contributed by atoms with E-state index in [1.54, 1.807) is 37.2 Å². The quantitative estimate of drug-likeness (QED) is 0.238. The van der Waals surface area contributed by atoms with E-state index in [2.05, 4.69) is 56.4 Å². The summed E-state index contributed by atoms with van der Waals surface area (Å²) >= 11 is 6.80. The Kier molecular flexibility index (Phi) is 8.79. The van der Waals surface area contributed by atoms with Crippen LogP contribution in [-0.2, 0) is 4.57 Å². The van der Waals surface area contributed by atoms with Crippen molar-refractivity contribution in [3.8, 4) is 5.75 Å². The third-order valence-electron chi connectivity index (χ3n) is 8.85. The molecular weight excluding hydrogens is 595 g/mol. The van der Waals surface area contributed by atoms with Gasteiger partial charge in [-0.25, -0.2) is 9.97 Å². The average molecular weight is 637 g/mol. The number of rotatable bonds is 8. The second-order valence-electron chi connectivity index (χ2n) is 12.2. The molecular formula is C32H42ClN8O2P. The zero-order valence-corrected chi connectivity index (χ0v) is 27.8. The first kappa shape index (κ1) is 30.7. The van der Waals surface area contributed by atoms with E-state index in [1.807, 2.05) is 24.3 Å². The molecule has 0 amide bonds. The molecule has 0 unspecified atom stereocenters. The highest BCUT2D eigenvalue weighted by atomic mass is 35.5. The number of nitrogens with zero attached hydrogens (tertiary/aromatic N) is 6. The molecule has 2 aliphatic rings. The van der Waals surface area contributed by atoms with Gasteiger partial charge in [0.15, 0.2) is 22.4 Å². The van der Waals surface area contributed by atoms with E-state index >= 15 is 0 Å². The number of fused-ring (bicyclic) bond motifs is 1. The van der Waals surface area contributed by atoms with Gasteiger partial charge >= 0.3 is 0 Å². The normalized spacial score (nSPS) is 17.3. The Bertz CT molecular complexity index is 1690. The van der Waals surface area contributed by atoms with Crippen molar-refractivity contribution in [1.29, 1.82) is 0 Å². The summed E-state index contributed by atoms with van der Waals surface area (Å²) in [6.07, 6.45) is 5.82. The lowest BCUT2D eigenvalue weighted by molar-refractivity contribution is 0.0982. The smallest absolute Gasteiger partial charge is 0.181 e. The van der Waals surface area contributed by atoms with E-state index in [-0.39, 0.29) is 0 Å². The molecule has 44 heavy (non-hydrogen) atoms. The minimum absolute atomic E-state index is 0.373. The second-order valence-corrected chi connectivity index (χ2v) is 15.8. The number of methoxy groups -OCH3 is 1. The molecule has 0 saturated carbocycles. The van der Waals surface area contributed by atoms with Crippen LogP contribution in [0.25, 0.3) is 5.65 Å². The summed E-state index contributed by atoms with van der Waals surface area (Å²) in [5, 5.41) is 7.91. The summed E-state index contributed by atoms with van der Waals surface area (Å²) in [6, 6.07) is 12.4. The van der Waals surface area contributed by atoms with E-state index in [1.165, 1.54) is 31.6 Å². The van der Waals surface area contributed by atoms with Crippen LogP contribution in [0.4, 0.5) is 28.7 Å². The molecule has 0 aliphatic carbocycles. The van der Waals surface area contributed by atoms with Gasteiger partial charge in [0, 0.05) is 74.8 Å². The lowest BCUT2D eigenvalue weighted by atomic mass is 10.0. The van der Waals surface area contributed by atoms with Crippen molar-refractivity contribution in [3.63, 3.8) is 0 Å². The van der Waals surface area contributed by atoms with Crippen LogP contribution in [0.3, 0.4) is 0 Å². The van der Waals surface area contributed by atoms with Gasteiger partial charge in [-0.1, -0.05) is 23.7 Å². The van der Waals surface area contributed by atoms with E-state index in [0.717, 1.165) is 48.5 Å². The Morgan fingerprint density at radius 1 is 0.977 bits per heavy atom. The lowest BCUT2D eigenvalue weighted by Crippen LogP contribution is -2.52. The number of likely N-dealkylation sites (N-methyl/N-ethyl adjacent to an activating group) is 1. The number of benzene rings is 2. The number of piperazine rings is 1. The third kappa shape index (κ3) is 6.26. The maximum atomic E-state index is 13.0. The fourth-order valence-corrected chi connectivity index (χ4v) is 7.75. The van der Waals surface area contributed by atoms with Gasteiger partial charge in [-0.05, 0) is 63.9 Å². The maximum Gasteiger partial charge on any atom is 0.181 e. The van der Waals surface area contributed by atoms with Crippen molar-refractivity contribution >= 4 is 58.4 Å². The first-order chi connectivity index (χ1) is 21.1. The van der Waals surface area contributed by atoms with Crippen LogP contribution in [0.5, 0.6) is 5.75 Å². The number of aryl methyl sites for hydroxylation is 1. The van der Waals surface area contributed by atoms with Gasteiger partial charge in [-0.3, -0.25) is 9.30 Å². The van der Waals surface area contributed by atoms with Crippen LogP contribution in [0, 0.1) is 6.92 Å². The molecule has 2 aliphatic heterocycles. The first-order valence-corrected chi connectivity index (χ1v) is 18.2. The van der Waals surface area contributed by atoms with Gasteiger partial charge in [-0.2, -0.15) is 0 Å². The minimum Gasteiger partial charge on any atom is -0.494 e. The molecule has 0 atom stereocenters. The predicted molar refractivity (Wildman–Crippen MR) is 182 cm³/mol. The molecule has 0 bridgehead atoms. The first-order valence-electron chi connectivity index (χ1n) is 15.2. The number of anilines is 5. The number of piperidine rings is 1. The van der Waals surface area contributed by atoms with E-state index in [0.29, 0.717) is 34.2 Å². The number of aromatic nitrogens is 3. The largest absolute Gasteiger partial charge is 0.494 e. The van der Waals surface area contributed by atoms with Crippen molar-refractivity contribution in [2.75, 3.05) is 82.3 Å². The number of hydrogen-bond donors (Lipinski definition) is 2. The Labute approximate surface area is 264 Å². The molecule has 0 spiro atoms. The molecule has 2 aromatic carbocycles. The number of halogens is 1. The fraction of sp³-hybridized carbons (Fsp3) is 0.438. The summed E-state index contributed by atoms with van der Waals surface area (Å²) in [5.41, 5.74) is 4.43. The highest BCUT2D eigenvalue weighted by Crippen LogP contribution is 2.40. The highest BCUT2D eigenvalue weighted by Gasteiger charge is 2.28. The summed E-state index contributed by atoms with van der Waals surface area (Å²) in [7, 11) is 1.35. The Morgan fingerprint density at radius 3 is 2.39 bits per heavy atom. The predicted octanol–water partition coefficient (Wildman–Crippen LogP) is 5.65. The zero-order chi connectivity index (χ0) is 31.0. The summed E-state index contributed by atoms with van der Waals surface area (Å²) in [5.74, 6) is 1.68. The summed E-state index contributed by atoms with van der Waals surface area (Å²) < 4.78 is 20.7. The molecule has 10 nitrogen and oxygen atoms in total. The summed E-state index contributed by atoms with van der Waals surface area (Å²) in [6.45, 7) is 12.3. The van der Waals surface area contributed by atoms with Crippen LogP contribution in [-0.4, -0.2) is 97.0 Å². The van der Waals surface area contributed by atoms with Crippen molar-refractivity contribution in [2.24, 2.45) is 0 Å². The van der Waals surface area contributed by atoms with E-state index in [9.17, 15) is 4.57 Å². The molecule has 0 radical (unpaired) electrons. The van der Waals surface area contributed by atoms with Crippen LogP contribution in [0.1, 0.15) is 18.4 Å². The van der Waals surface area contributed by atoms with Gasteiger partial charge in [0.2, 0.25) is 0 Å². The van der Waals surface area contributed by atoms with Crippen LogP contribution in [0.2, 0.25) is 5.15 Å². The van der Waals surface area contributed by atoms with E-state index in [4.69, 9.17) is 21.3 Å². The topological polar surface area (TPSA) is 90.3 Å². The van der Waals surface area contributed by atoms with Gasteiger partial charge in [0.1, 0.15) is 12.9 Å².